The number of fused-ring (bicyclic) bond motifs is 2. The number of hydrogen-bond acceptors (Lipinski definition) is 5. The predicted octanol–water partition coefficient (Wildman–Crippen LogP) is 3.43. The lowest BCUT2D eigenvalue weighted by Gasteiger charge is -2.10. The van der Waals surface area contributed by atoms with Crippen LogP contribution in [0.2, 0.25) is 0 Å². The zero-order chi connectivity index (χ0) is 26.5. The molecule has 0 unspecified atom stereocenters. The number of carbonyl (C=O) groups excluding carboxylic acids is 1. The van der Waals surface area contributed by atoms with Crippen molar-refractivity contribution in [3.05, 3.63) is 70.7 Å². The number of amides is 1. The zero-order valence-electron chi connectivity index (χ0n) is 20.2. The van der Waals surface area contributed by atoms with Crippen molar-refractivity contribution in [2.24, 2.45) is 7.05 Å². The largest absolute Gasteiger partial charge is 0.405 e. The first kappa shape index (κ1) is 24.2. The highest BCUT2D eigenvalue weighted by molar-refractivity contribution is 5.93. The fraction of sp³-hybridized carbons (Fsp3) is 0.240. The van der Waals surface area contributed by atoms with E-state index in [0.717, 1.165) is 32.2 Å². The molecule has 0 spiro atoms. The van der Waals surface area contributed by atoms with Crippen LogP contribution in [0.1, 0.15) is 11.1 Å². The van der Waals surface area contributed by atoms with E-state index < -0.39 is 30.9 Å². The molecule has 0 bridgehead atoms. The van der Waals surface area contributed by atoms with Gasteiger partial charge in [0.15, 0.2) is 0 Å². The number of nitrogens with zero attached hydrogens (tertiary/aromatic N) is 6. The van der Waals surface area contributed by atoms with Gasteiger partial charge in [-0.1, -0.05) is 12.1 Å². The van der Waals surface area contributed by atoms with E-state index in [-0.39, 0.29) is 0 Å². The summed E-state index contributed by atoms with van der Waals surface area (Å²) in [4.78, 5) is 34.7. The van der Waals surface area contributed by atoms with Crippen molar-refractivity contribution in [1.29, 1.82) is 0 Å². The standard InChI is InChI=1S/C25H22F3N7O2/c1-14-5-4-6-19-22(14)35(24(37)34(19)12-21(36)31-13-25(26,27)28)23-15(2)7-16(8-30-23)17-9-29-11-20-18(17)10-32-33(20)3/h4-11H,12-13H2,1-3H3,(H,31,36). The van der Waals surface area contributed by atoms with Gasteiger partial charge in [-0.15, -0.1) is 0 Å². The van der Waals surface area contributed by atoms with Crippen LogP contribution in [-0.2, 0) is 18.4 Å². The minimum Gasteiger partial charge on any atom is -0.345 e. The summed E-state index contributed by atoms with van der Waals surface area (Å²) in [7, 11) is 1.83. The van der Waals surface area contributed by atoms with Gasteiger partial charge in [0.1, 0.15) is 18.9 Å². The van der Waals surface area contributed by atoms with Gasteiger partial charge in [-0.25, -0.2) is 14.3 Å². The number of para-hydroxylation sites is 1. The number of nitrogens with one attached hydrogen (secondary N) is 1. The van der Waals surface area contributed by atoms with Crippen LogP contribution in [0.25, 0.3) is 38.9 Å². The van der Waals surface area contributed by atoms with E-state index in [2.05, 4.69) is 15.1 Å². The first-order chi connectivity index (χ1) is 17.5. The molecule has 0 saturated heterocycles. The predicted molar refractivity (Wildman–Crippen MR) is 131 cm³/mol. The average Bonchev–Trinajstić information content (AvgIpc) is 3.36. The number of halogens is 3. The number of benzene rings is 1. The summed E-state index contributed by atoms with van der Waals surface area (Å²) in [5, 5.41) is 7.01. The van der Waals surface area contributed by atoms with Crippen molar-refractivity contribution in [3.63, 3.8) is 0 Å². The van der Waals surface area contributed by atoms with E-state index in [1.54, 1.807) is 41.6 Å². The third-order valence-electron chi connectivity index (χ3n) is 6.19. The number of hydrogen-bond donors (Lipinski definition) is 1. The second-order valence-electron chi connectivity index (χ2n) is 8.79. The fourth-order valence-corrected chi connectivity index (χ4v) is 4.46. The van der Waals surface area contributed by atoms with Gasteiger partial charge in [0, 0.05) is 36.0 Å². The van der Waals surface area contributed by atoms with Crippen LogP contribution in [0, 0.1) is 13.8 Å². The number of rotatable bonds is 5. The van der Waals surface area contributed by atoms with E-state index in [9.17, 15) is 22.8 Å². The van der Waals surface area contributed by atoms with Gasteiger partial charge in [0.05, 0.1) is 28.9 Å². The van der Waals surface area contributed by atoms with E-state index in [1.165, 1.54) is 4.57 Å². The molecule has 4 heterocycles. The van der Waals surface area contributed by atoms with Crippen LogP contribution in [0.3, 0.4) is 0 Å². The number of aryl methyl sites for hydroxylation is 3. The number of alkyl halides is 3. The van der Waals surface area contributed by atoms with Crippen LogP contribution in [0.5, 0.6) is 0 Å². The summed E-state index contributed by atoms with van der Waals surface area (Å²) in [6, 6.07) is 7.06. The molecular weight excluding hydrogens is 487 g/mol. The van der Waals surface area contributed by atoms with E-state index in [0.29, 0.717) is 22.4 Å². The molecule has 0 fully saturated rings. The summed E-state index contributed by atoms with van der Waals surface area (Å²) < 4.78 is 41.9. The number of carbonyl (C=O) groups is 1. The van der Waals surface area contributed by atoms with Crippen molar-refractivity contribution in [1.82, 2.24) is 34.2 Å². The molecule has 5 aromatic rings. The van der Waals surface area contributed by atoms with Crippen molar-refractivity contribution in [3.8, 4) is 16.9 Å². The summed E-state index contributed by atoms with van der Waals surface area (Å²) in [5.41, 5.74) is 4.27. The van der Waals surface area contributed by atoms with Crippen molar-refractivity contribution in [2.75, 3.05) is 6.54 Å². The summed E-state index contributed by atoms with van der Waals surface area (Å²) >= 11 is 0. The number of aromatic nitrogens is 6. The molecule has 9 nitrogen and oxygen atoms in total. The number of pyridine rings is 2. The van der Waals surface area contributed by atoms with Crippen molar-refractivity contribution < 1.29 is 18.0 Å². The quantitative estimate of drug-likeness (QED) is 0.391. The van der Waals surface area contributed by atoms with E-state index in [4.69, 9.17) is 0 Å². The third-order valence-corrected chi connectivity index (χ3v) is 6.19. The molecule has 1 N–H and O–H groups in total. The molecule has 190 valence electrons. The lowest BCUT2D eigenvalue weighted by molar-refractivity contribution is -0.138. The summed E-state index contributed by atoms with van der Waals surface area (Å²) in [6.07, 6.45) is 2.28. The van der Waals surface area contributed by atoms with Gasteiger partial charge >= 0.3 is 11.9 Å². The molecule has 12 heteroatoms. The monoisotopic (exact) mass is 509 g/mol. The Morgan fingerprint density at radius 2 is 1.84 bits per heavy atom. The van der Waals surface area contributed by atoms with Crippen LogP contribution < -0.4 is 11.0 Å². The van der Waals surface area contributed by atoms with Gasteiger partial charge < -0.3 is 5.32 Å². The molecule has 1 amide bonds. The molecule has 5 rings (SSSR count). The minimum atomic E-state index is -4.55. The molecule has 0 radical (unpaired) electrons. The molecule has 4 aromatic heterocycles. The maximum absolute atomic E-state index is 13.5. The molecule has 1 aromatic carbocycles. The normalized spacial score (nSPS) is 11.9. The Labute approximate surface area is 208 Å². The van der Waals surface area contributed by atoms with E-state index in [1.807, 2.05) is 38.3 Å². The Kier molecular flexibility index (Phi) is 5.81. The Morgan fingerprint density at radius 1 is 1.05 bits per heavy atom. The molecule has 37 heavy (non-hydrogen) atoms. The zero-order valence-corrected chi connectivity index (χ0v) is 20.2. The molecule has 0 atom stereocenters. The van der Waals surface area contributed by atoms with Crippen molar-refractivity contribution >= 4 is 27.8 Å². The van der Waals surface area contributed by atoms with Gasteiger partial charge in [0.25, 0.3) is 0 Å². The van der Waals surface area contributed by atoms with Gasteiger partial charge in [-0.3, -0.25) is 19.0 Å². The third kappa shape index (κ3) is 4.34. The highest BCUT2D eigenvalue weighted by Gasteiger charge is 2.28. The first-order valence-corrected chi connectivity index (χ1v) is 11.3. The second kappa shape index (κ2) is 8.87. The van der Waals surface area contributed by atoms with Gasteiger partial charge in [0.2, 0.25) is 5.91 Å². The number of imidazole rings is 1. The van der Waals surface area contributed by atoms with Crippen LogP contribution >= 0.6 is 0 Å². The molecule has 0 saturated carbocycles. The molecule has 0 aliphatic rings. The average molecular weight is 509 g/mol. The van der Waals surface area contributed by atoms with Crippen LogP contribution in [-0.4, -0.2) is 47.5 Å². The first-order valence-electron chi connectivity index (χ1n) is 11.3. The Bertz CT molecular complexity index is 1730. The maximum atomic E-state index is 13.5. The van der Waals surface area contributed by atoms with Gasteiger partial charge in [-0.2, -0.15) is 18.3 Å². The van der Waals surface area contributed by atoms with Gasteiger partial charge in [-0.05, 0) is 37.1 Å². The SMILES string of the molecule is Cc1cc(-c2cncc3c2cnn3C)cnc1-n1c(=O)n(CC(=O)NCC(F)(F)F)c2cccc(C)c21. The minimum absolute atomic E-state index is 0.355. The topological polar surface area (TPSA) is 99.6 Å². The lowest BCUT2D eigenvalue weighted by atomic mass is 10.0. The Morgan fingerprint density at radius 3 is 2.57 bits per heavy atom. The highest BCUT2D eigenvalue weighted by atomic mass is 19.4. The molecular formula is C25H22F3N7O2. The summed E-state index contributed by atoms with van der Waals surface area (Å²) in [5.74, 6) is -0.564. The van der Waals surface area contributed by atoms with Crippen LogP contribution in [0.15, 0.2) is 53.8 Å². The Hall–Kier alpha value is -4.48. The molecule has 0 aliphatic heterocycles. The Balaban J connectivity index is 1.60. The fourth-order valence-electron chi connectivity index (χ4n) is 4.46. The smallest absolute Gasteiger partial charge is 0.345 e. The van der Waals surface area contributed by atoms with E-state index >= 15 is 0 Å². The summed E-state index contributed by atoms with van der Waals surface area (Å²) in [6.45, 7) is 1.59. The van der Waals surface area contributed by atoms with Crippen LogP contribution in [0.4, 0.5) is 13.2 Å². The molecule has 0 aliphatic carbocycles. The lowest BCUT2D eigenvalue weighted by Crippen LogP contribution is -2.38. The maximum Gasteiger partial charge on any atom is 0.405 e. The van der Waals surface area contributed by atoms with Crippen molar-refractivity contribution in [2.45, 2.75) is 26.6 Å². The highest BCUT2D eigenvalue weighted by Crippen LogP contribution is 2.29. The second-order valence-corrected chi connectivity index (χ2v) is 8.79.